The van der Waals surface area contributed by atoms with Crippen molar-refractivity contribution in [2.75, 3.05) is 6.54 Å². The second kappa shape index (κ2) is 5.46. The molecule has 126 valence electrons. The van der Waals surface area contributed by atoms with Crippen molar-refractivity contribution in [1.29, 1.82) is 0 Å². The first-order chi connectivity index (χ1) is 12.7. The number of imide groups is 1. The van der Waals surface area contributed by atoms with Gasteiger partial charge in [0.25, 0.3) is 11.8 Å². The van der Waals surface area contributed by atoms with Gasteiger partial charge in [0.15, 0.2) is 0 Å². The fraction of sp³-hybridized carbons (Fsp3) is 0.0476. The fourth-order valence-electron chi connectivity index (χ4n) is 3.51. The molecule has 0 atom stereocenters. The molecular weight excluding hydrogens is 328 g/mol. The summed E-state index contributed by atoms with van der Waals surface area (Å²) in [5.41, 5.74) is 4.57. The summed E-state index contributed by atoms with van der Waals surface area (Å²) < 4.78 is 5.74. The van der Waals surface area contributed by atoms with E-state index in [1.165, 1.54) is 4.90 Å². The monoisotopic (exact) mass is 342 g/mol. The number of nitrogens with zero attached hydrogens (tertiary/aromatic N) is 1. The van der Waals surface area contributed by atoms with E-state index >= 15 is 0 Å². The second-order valence-corrected chi connectivity index (χ2v) is 6.28. The lowest BCUT2D eigenvalue weighted by Gasteiger charge is -2.27. The van der Waals surface area contributed by atoms with Gasteiger partial charge < -0.3 is 10.1 Å². The van der Waals surface area contributed by atoms with Crippen LogP contribution in [-0.2, 0) is 0 Å². The van der Waals surface area contributed by atoms with Gasteiger partial charge in [-0.3, -0.25) is 14.5 Å². The Labute approximate surface area is 149 Å². The van der Waals surface area contributed by atoms with E-state index < -0.39 is 0 Å². The van der Waals surface area contributed by atoms with Crippen LogP contribution < -0.4 is 10.1 Å². The van der Waals surface area contributed by atoms with Crippen LogP contribution in [0.1, 0.15) is 26.3 Å². The van der Waals surface area contributed by atoms with Gasteiger partial charge in [0.2, 0.25) is 0 Å². The average Bonchev–Trinajstić information content (AvgIpc) is 2.93. The van der Waals surface area contributed by atoms with E-state index in [4.69, 9.17) is 4.74 Å². The number of rotatable bonds is 2. The van der Waals surface area contributed by atoms with Gasteiger partial charge >= 0.3 is 0 Å². The zero-order valence-electron chi connectivity index (χ0n) is 13.7. The molecule has 0 unspecified atom stereocenters. The van der Waals surface area contributed by atoms with E-state index in [0.29, 0.717) is 11.1 Å². The Morgan fingerprint density at radius 2 is 1.46 bits per heavy atom. The van der Waals surface area contributed by atoms with Crippen LogP contribution >= 0.6 is 0 Å². The average molecular weight is 342 g/mol. The van der Waals surface area contributed by atoms with E-state index in [1.54, 1.807) is 36.7 Å². The van der Waals surface area contributed by atoms with Gasteiger partial charge in [-0.15, -0.1) is 0 Å². The third-order valence-corrected chi connectivity index (χ3v) is 4.81. The van der Waals surface area contributed by atoms with Crippen LogP contribution in [-0.4, -0.2) is 23.3 Å². The molecule has 3 heterocycles. The molecule has 3 aliphatic rings. The molecule has 5 rings (SSSR count). The summed E-state index contributed by atoms with van der Waals surface area (Å²) in [6, 6.07) is 14.7. The van der Waals surface area contributed by atoms with Gasteiger partial charge in [0.1, 0.15) is 5.75 Å². The van der Waals surface area contributed by atoms with E-state index in [9.17, 15) is 9.59 Å². The summed E-state index contributed by atoms with van der Waals surface area (Å²) in [4.78, 5) is 26.5. The molecule has 2 aromatic rings. The number of ether oxygens (including phenoxy) is 1. The van der Waals surface area contributed by atoms with Gasteiger partial charge in [0, 0.05) is 29.1 Å². The van der Waals surface area contributed by atoms with Crippen LogP contribution in [0.4, 0.5) is 0 Å². The molecule has 3 aliphatic heterocycles. The number of fused-ring (bicyclic) bond motifs is 4. The minimum Gasteiger partial charge on any atom is -0.464 e. The molecule has 2 aromatic carbocycles. The zero-order valence-corrected chi connectivity index (χ0v) is 13.7. The number of hydrogen-bond acceptors (Lipinski definition) is 4. The lowest BCUT2D eigenvalue weighted by molar-refractivity contribution is 0.0668. The smallest absolute Gasteiger partial charge is 0.261 e. The van der Waals surface area contributed by atoms with Gasteiger partial charge in [-0.1, -0.05) is 30.3 Å². The van der Waals surface area contributed by atoms with E-state index in [2.05, 4.69) is 5.32 Å². The summed E-state index contributed by atoms with van der Waals surface area (Å²) in [7, 11) is 0. The second-order valence-electron chi connectivity index (χ2n) is 6.28. The predicted octanol–water partition coefficient (Wildman–Crippen LogP) is 3.09. The number of allylic oxidation sites excluding steroid dienone is 1. The molecule has 0 bridgehead atoms. The Hall–Kier alpha value is -3.60. The summed E-state index contributed by atoms with van der Waals surface area (Å²) in [6.07, 6.45) is 5.38. The third-order valence-electron chi connectivity index (χ3n) is 4.81. The number of amides is 2. The molecule has 5 nitrogen and oxygen atoms in total. The van der Waals surface area contributed by atoms with Gasteiger partial charge in [-0.25, -0.2) is 0 Å². The van der Waals surface area contributed by atoms with Crippen LogP contribution in [0.25, 0.3) is 5.57 Å². The maximum Gasteiger partial charge on any atom is 0.261 e. The molecule has 0 radical (unpaired) electrons. The van der Waals surface area contributed by atoms with E-state index in [1.807, 2.05) is 30.5 Å². The number of para-hydroxylation sites is 1. The van der Waals surface area contributed by atoms with Gasteiger partial charge in [-0.05, 0) is 23.8 Å². The summed E-state index contributed by atoms with van der Waals surface area (Å²) >= 11 is 0. The van der Waals surface area contributed by atoms with Crippen molar-refractivity contribution in [2.24, 2.45) is 0 Å². The van der Waals surface area contributed by atoms with Crippen molar-refractivity contribution in [3.8, 4) is 5.75 Å². The molecular formula is C21H14N2O3. The summed E-state index contributed by atoms with van der Waals surface area (Å²) in [5.74, 6) is 0.256. The van der Waals surface area contributed by atoms with E-state index in [-0.39, 0.29) is 18.4 Å². The quantitative estimate of drug-likeness (QED) is 0.852. The Morgan fingerprint density at radius 1 is 0.808 bits per heavy atom. The zero-order chi connectivity index (χ0) is 17.7. The van der Waals surface area contributed by atoms with Crippen molar-refractivity contribution in [3.05, 3.63) is 95.0 Å². The Balaban J connectivity index is 1.47. The van der Waals surface area contributed by atoms with Crippen molar-refractivity contribution < 1.29 is 14.3 Å². The lowest BCUT2D eigenvalue weighted by Crippen LogP contribution is -2.33. The highest BCUT2D eigenvalue weighted by atomic mass is 16.5. The topological polar surface area (TPSA) is 58.6 Å². The summed E-state index contributed by atoms with van der Waals surface area (Å²) in [6.45, 7) is 0.189. The molecule has 0 saturated heterocycles. The number of nitrogens with one attached hydrogen (secondary N) is 1. The third kappa shape index (κ3) is 2.04. The van der Waals surface area contributed by atoms with Crippen LogP contribution in [0.5, 0.6) is 5.75 Å². The number of hydrogen-bond donors (Lipinski definition) is 1. The van der Waals surface area contributed by atoms with Crippen molar-refractivity contribution >= 4 is 17.4 Å². The van der Waals surface area contributed by atoms with Gasteiger partial charge in [-0.2, -0.15) is 0 Å². The first-order valence-corrected chi connectivity index (χ1v) is 8.31. The molecule has 26 heavy (non-hydrogen) atoms. The van der Waals surface area contributed by atoms with Crippen LogP contribution in [0.2, 0.25) is 0 Å². The highest BCUT2D eigenvalue weighted by molar-refractivity contribution is 6.21. The van der Waals surface area contributed by atoms with E-state index in [0.717, 1.165) is 28.0 Å². The molecule has 0 fully saturated rings. The maximum absolute atomic E-state index is 12.6. The van der Waals surface area contributed by atoms with Crippen LogP contribution in [0.3, 0.4) is 0 Å². The number of dihydropyridines is 1. The maximum atomic E-state index is 12.6. The number of carbonyl (C=O) groups excluding carboxylic acids is 2. The van der Waals surface area contributed by atoms with Crippen molar-refractivity contribution in [1.82, 2.24) is 10.2 Å². The molecule has 1 N–H and O–H groups in total. The van der Waals surface area contributed by atoms with Crippen molar-refractivity contribution in [2.45, 2.75) is 0 Å². The van der Waals surface area contributed by atoms with Crippen LogP contribution in [0, 0.1) is 0 Å². The van der Waals surface area contributed by atoms with Crippen molar-refractivity contribution in [3.63, 3.8) is 0 Å². The Kier molecular flexibility index (Phi) is 3.09. The molecule has 5 heteroatoms. The molecule has 0 aromatic heterocycles. The SMILES string of the molecule is O=C1c2ccccc2C(=O)N1CC1=CNC=C2C1=COc1ccccc12. The largest absolute Gasteiger partial charge is 0.464 e. The molecule has 0 saturated carbocycles. The first-order valence-electron chi connectivity index (χ1n) is 8.31. The molecule has 0 aliphatic carbocycles. The number of benzene rings is 2. The Morgan fingerprint density at radius 3 is 2.19 bits per heavy atom. The number of carbonyl (C=O) groups is 2. The molecule has 0 spiro atoms. The standard InChI is InChI=1S/C21H14N2O3/c24-20-15-6-1-2-7-16(15)21(25)23(20)11-13-9-22-10-17-14-5-3-4-8-19(14)26-12-18(13)17/h1-10,12,22H,11H2. The van der Waals surface area contributed by atoms with Gasteiger partial charge in [0.05, 0.1) is 23.9 Å². The fourth-order valence-corrected chi connectivity index (χ4v) is 3.51. The minimum atomic E-state index is -0.264. The predicted molar refractivity (Wildman–Crippen MR) is 96.2 cm³/mol. The lowest BCUT2D eigenvalue weighted by atomic mass is 9.90. The highest BCUT2D eigenvalue weighted by Gasteiger charge is 2.36. The normalized spacial score (nSPS) is 17.2. The van der Waals surface area contributed by atoms with Crippen LogP contribution in [0.15, 0.2) is 78.3 Å². The molecule has 2 amide bonds. The minimum absolute atomic E-state index is 0.189. The first kappa shape index (κ1) is 14.7. The summed E-state index contributed by atoms with van der Waals surface area (Å²) in [5, 5.41) is 3.13. The highest BCUT2D eigenvalue weighted by Crippen LogP contribution is 2.39. The Bertz CT molecular complexity index is 1030.